The van der Waals surface area contributed by atoms with Crippen molar-refractivity contribution in [2.45, 2.75) is 26.1 Å². The lowest BCUT2D eigenvalue weighted by Gasteiger charge is -2.19. The van der Waals surface area contributed by atoms with E-state index in [-0.39, 0.29) is 11.9 Å². The van der Waals surface area contributed by atoms with Crippen LogP contribution in [-0.4, -0.2) is 23.9 Å². The maximum atomic E-state index is 12.0. The van der Waals surface area contributed by atoms with E-state index in [0.717, 1.165) is 11.0 Å². The second kappa shape index (κ2) is 4.55. The Morgan fingerprint density at radius 3 is 2.88 bits per heavy atom. The van der Waals surface area contributed by atoms with Crippen LogP contribution in [0.5, 0.6) is 0 Å². The number of rotatable bonds is 2. The van der Waals surface area contributed by atoms with Gasteiger partial charge < -0.3 is 10.2 Å². The quantitative estimate of drug-likeness (QED) is 0.899. The van der Waals surface area contributed by atoms with E-state index in [1.54, 1.807) is 0 Å². The van der Waals surface area contributed by atoms with Gasteiger partial charge in [0, 0.05) is 17.6 Å². The van der Waals surface area contributed by atoms with Gasteiger partial charge in [0.2, 0.25) is 5.91 Å². The fraction of sp³-hybridized carbons (Fsp3) is 0.417. The molecule has 1 atom stereocenters. The molecule has 1 aromatic carbocycles. The van der Waals surface area contributed by atoms with E-state index < -0.39 is 0 Å². The van der Waals surface area contributed by atoms with Crippen LogP contribution in [0.2, 0.25) is 0 Å². The number of hydrogen-bond acceptors (Lipinski definition) is 2. The third kappa shape index (κ3) is 1.99. The van der Waals surface area contributed by atoms with Crippen molar-refractivity contribution in [3.8, 4) is 0 Å². The van der Waals surface area contributed by atoms with Gasteiger partial charge in [0.05, 0.1) is 6.04 Å². The highest BCUT2D eigenvalue weighted by molar-refractivity contribution is 9.10. The Morgan fingerprint density at radius 2 is 2.25 bits per heavy atom. The molecule has 0 aromatic heterocycles. The number of hydrogen-bond donors (Lipinski definition) is 1. The van der Waals surface area contributed by atoms with Crippen molar-refractivity contribution < 1.29 is 4.79 Å². The molecule has 1 aliphatic heterocycles. The molecule has 1 aromatic rings. The molecule has 4 heteroatoms. The highest BCUT2D eigenvalue weighted by Crippen LogP contribution is 2.29. The Bertz CT molecular complexity index is 419. The van der Waals surface area contributed by atoms with Crippen molar-refractivity contribution in [3.63, 3.8) is 0 Å². The zero-order valence-electron chi connectivity index (χ0n) is 9.46. The number of carbonyl (C=O) groups is 1. The summed E-state index contributed by atoms with van der Waals surface area (Å²) in [6.45, 7) is 3.32. The molecule has 0 bridgehead atoms. The lowest BCUT2D eigenvalue weighted by Crippen LogP contribution is -2.40. The van der Waals surface area contributed by atoms with Gasteiger partial charge in [-0.15, -0.1) is 0 Å². The van der Waals surface area contributed by atoms with E-state index >= 15 is 0 Å². The van der Waals surface area contributed by atoms with Gasteiger partial charge in [-0.1, -0.05) is 28.1 Å². The van der Waals surface area contributed by atoms with Crippen LogP contribution in [0.25, 0.3) is 0 Å². The van der Waals surface area contributed by atoms with Gasteiger partial charge >= 0.3 is 0 Å². The Morgan fingerprint density at radius 1 is 1.50 bits per heavy atom. The third-order valence-electron chi connectivity index (χ3n) is 3.04. The number of benzene rings is 1. The SMILES string of the molecule is CN[C@@H](C)C(=O)N1Cc2cccc(Br)c2C1. The number of likely N-dealkylation sites (N-methyl/N-ethyl adjacent to an activating group) is 1. The second-order valence-corrected chi connectivity index (χ2v) is 4.94. The zero-order chi connectivity index (χ0) is 11.7. The number of halogens is 1. The first kappa shape index (κ1) is 11.6. The second-order valence-electron chi connectivity index (χ2n) is 4.08. The zero-order valence-corrected chi connectivity index (χ0v) is 11.0. The van der Waals surface area contributed by atoms with Crippen molar-refractivity contribution in [2.24, 2.45) is 0 Å². The number of amides is 1. The largest absolute Gasteiger partial charge is 0.333 e. The average Bonchev–Trinajstić information content (AvgIpc) is 2.72. The normalized spacial score (nSPS) is 16.1. The Hall–Kier alpha value is -0.870. The Kier molecular flexibility index (Phi) is 3.30. The maximum Gasteiger partial charge on any atom is 0.240 e. The molecule has 1 heterocycles. The minimum atomic E-state index is -0.118. The van der Waals surface area contributed by atoms with Gasteiger partial charge in [-0.2, -0.15) is 0 Å². The minimum Gasteiger partial charge on any atom is -0.333 e. The fourth-order valence-electron chi connectivity index (χ4n) is 1.93. The summed E-state index contributed by atoms with van der Waals surface area (Å²) in [5, 5.41) is 2.98. The molecule has 0 saturated carbocycles. The third-order valence-corrected chi connectivity index (χ3v) is 3.78. The van der Waals surface area contributed by atoms with Gasteiger partial charge in [0.1, 0.15) is 0 Å². The molecule has 2 rings (SSSR count). The Balaban J connectivity index is 2.17. The van der Waals surface area contributed by atoms with Crippen LogP contribution in [0, 0.1) is 0 Å². The van der Waals surface area contributed by atoms with Crippen LogP contribution in [0.15, 0.2) is 22.7 Å². The first-order valence-corrected chi connectivity index (χ1v) is 6.15. The molecule has 1 N–H and O–H groups in total. The molecule has 0 aliphatic carbocycles. The van der Waals surface area contributed by atoms with E-state index in [9.17, 15) is 4.79 Å². The monoisotopic (exact) mass is 282 g/mol. The fourth-order valence-corrected chi connectivity index (χ4v) is 2.47. The Labute approximate surface area is 104 Å². The van der Waals surface area contributed by atoms with Crippen molar-refractivity contribution in [1.82, 2.24) is 10.2 Å². The summed E-state index contributed by atoms with van der Waals surface area (Å²) >= 11 is 3.52. The lowest BCUT2D eigenvalue weighted by molar-refractivity contribution is -0.133. The van der Waals surface area contributed by atoms with Crippen LogP contribution in [0.4, 0.5) is 0 Å². The van der Waals surface area contributed by atoms with Crippen LogP contribution < -0.4 is 5.32 Å². The average molecular weight is 283 g/mol. The van der Waals surface area contributed by atoms with Gasteiger partial charge in [-0.3, -0.25) is 4.79 Å². The van der Waals surface area contributed by atoms with E-state index in [1.165, 1.54) is 11.1 Å². The number of carbonyl (C=O) groups excluding carboxylic acids is 1. The van der Waals surface area contributed by atoms with Gasteiger partial charge in [-0.05, 0) is 31.2 Å². The van der Waals surface area contributed by atoms with Crippen LogP contribution in [-0.2, 0) is 17.9 Å². The van der Waals surface area contributed by atoms with E-state index in [2.05, 4.69) is 27.3 Å². The summed E-state index contributed by atoms with van der Waals surface area (Å²) in [5.74, 6) is 0.158. The molecule has 86 valence electrons. The molecule has 1 amide bonds. The molecule has 0 fully saturated rings. The number of fused-ring (bicyclic) bond motifs is 1. The standard InChI is InChI=1S/C12H15BrN2O/c1-8(14-2)12(16)15-6-9-4-3-5-11(13)10(9)7-15/h3-5,8,14H,6-7H2,1-2H3/t8-/m0/s1. The van der Waals surface area contributed by atoms with Crippen LogP contribution >= 0.6 is 15.9 Å². The van der Waals surface area contributed by atoms with Gasteiger partial charge in [0.25, 0.3) is 0 Å². The van der Waals surface area contributed by atoms with E-state index in [0.29, 0.717) is 6.54 Å². The van der Waals surface area contributed by atoms with Crippen molar-refractivity contribution in [1.29, 1.82) is 0 Å². The summed E-state index contributed by atoms with van der Waals surface area (Å²) in [4.78, 5) is 13.9. The molecule has 3 nitrogen and oxygen atoms in total. The highest BCUT2D eigenvalue weighted by Gasteiger charge is 2.26. The van der Waals surface area contributed by atoms with Crippen LogP contribution in [0.1, 0.15) is 18.1 Å². The molecule has 0 radical (unpaired) electrons. The predicted octanol–water partition coefficient (Wildman–Crippen LogP) is 1.90. The molecule has 0 spiro atoms. The van der Waals surface area contributed by atoms with E-state index in [4.69, 9.17) is 0 Å². The molecular weight excluding hydrogens is 268 g/mol. The smallest absolute Gasteiger partial charge is 0.240 e. The molecule has 0 saturated heterocycles. The minimum absolute atomic E-state index is 0.118. The van der Waals surface area contributed by atoms with Gasteiger partial charge in [0.15, 0.2) is 0 Å². The highest BCUT2D eigenvalue weighted by atomic mass is 79.9. The number of nitrogens with zero attached hydrogens (tertiary/aromatic N) is 1. The van der Waals surface area contributed by atoms with Crippen molar-refractivity contribution >= 4 is 21.8 Å². The maximum absolute atomic E-state index is 12.0. The molecular formula is C12H15BrN2O. The molecule has 16 heavy (non-hydrogen) atoms. The van der Waals surface area contributed by atoms with Crippen molar-refractivity contribution in [3.05, 3.63) is 33.8 Å². The predicted molar refractivity (Wildman–Crippen MR) is 66.9 cm³/mol. The van der Waals surface area contributed by atoms with Crippen molar-refractivity contribution in [2.75, 3.05) is 7.05 Å². The summed E-state index contributed by atoms with van der Waals surface area (Å²) in [7, 11) is 1.81. The van der Waals surface area contributed by atoms with Gasteiger partial charge in [-0.25, -0.2) is 0 Å². The first-order valence-electron chi connectivity index (χ1n) is 5.35. The number of nitrogens with one attached hydrogen (secondary N) is 1. The lowest BCUT2D eigenvalue weighted by atomic mass is 10.1. The summed E-state index contributed by atoms with van der Waals surface area (Å²) in [6, 6.07) is 6.00. The molecule has 1 aliphatic rings. The molecule has 0 unspecified atom stereocenters. The summed E-state index contributed by atoms with van der Waals surface area (Å²) < 4.78 is 1.09. The summed E-state index contributed by atoms with van der Waals surface area (Å²) in [5.41, 5.74) is 2.48. The van der Waals surface area contributed by atoms with E-state index in [1.807, 2.05) is 31.0 Å². The first-order chi connectivity index (χ1) is 7.63. The van der Waals surface area contributed by atoms with Crippen LogP contribution in [0.3, 0.4) is 0 Å². The topological polar surface area (TPSA) is 32.3 Å². The summed E-state index contributed by atoms with van der Waals surface area (Å²) in [6.07, 6.45) is 0.